The van der Waals surface area contributed by atoms with Crippen LogP contribution in [-0.4, -0.2) is 52.4 Å². The van der Waals surface area contributed by atoms with Gasteiger partial charge in [-0.15, -0.1) is 20.4 Å². The molecular weight excluding hydrogens is 488 g/mol. The number of nitrogens with zero attached hydrogens (tertiary/aromatic N) is 7. The average Bonchev–Trinajstić information content (AvgIpc) is 3.56. The molecule has 0 fully saturated rings. The van der Waals surface area contributed by atoms with E-state index in [1.165, 1.54) is 23.5 Å². The second-order valence-electron chi connectivity index (χ2n) is 8.05. The lowest BCUT2D eigenvalue weighted by atomic mass is 10.1. The Morgan fingerprint density at radius 1 is 0.892 bits per heavy atom. The lowest BCUT2D eigenvalue weighted by Gasteiger charge is -2.10. The summed E-state index contributed by atoms with van der Waals surface area (Å²) in [7, 11) is 0. The van der Waals surface area contributed by atoms with Gasteiger partial charge in [0.2, 0.25) is 11.7 Å². The van der Waals surface area contributed by atoms with Gasteiger partial charge in [-0.05, 0) is 36.4 Å². The highest BCUT2D eigenvalue weighted by molar-refractivity contribution is 7.99. The fraction of sp³-hybridized carbons (Fsp3) is 0.115. The molecular formula is C26H22N8O2S. The van der Waals surface area contributed by atoms with Gasteiger partial charge < -0.3 is 5.32 Å². The molecule has 0 atom stereocenters. The number of tetrazole rings is 1. The summed E-state index contributed by atoms with van der Waals surface area (Å²) in [6.07, 6.45) is 0. The van der Waals surface area contributed by atoms with Crippen LogP contribution in [0.15, 0.2) is 90.1 Å². The number of hydrogen-bond donors (Lipinski definition) is 1. The Balaban J connectivity index is 1.34. The van der Waals surface area contributed by atoms with Crippen molar-refractivity contribution in [1.82, 2.24) is 35.0 Å². The van der Waals surface area contributed by atoms with Gasteiger partial charge in [-0.3, -0.25) is 14.2 Å². The molecule has 5 rings (SSSR count). The zero-order valence-corrected chi connectivity index (χ0v) is 20.7. The first-order valence-electron chi connectivity index (χ1n) is 11.4. The van der Waals surface area contributed by atoms with E-state index in [0.29, 0.717) is 28.1 Å². The van der Waals surface area contributed by atoms with Crippen molar-refractivity contribution in [2.75, 3.05) is 11.1 Å². The second-order valence-corrected chi connectivity index (χ2v) is 9.00. The zero-order valence-electron chi connectivity index (χ0n) is 19.9. The summed E-state index contributed by atoms with van der Waals surface area (Å²) in [4.78, 5) is 25.7. The Hall–Kier alpha value is -4.64. The number of nitrogens with one attached hydrogen (secondary N) is 1. The van der Waals surface area contributed by atoms with Crippen molar-refractivity contribution in [3.05, 3.63) is 96.3 Å². The van der Waals surface area contributed by atoms with Crippen molar-refractivity contribution >= 4 is 29.1 Å². The normalized spacial score (nSPS) is 10.8. The molecule has 1 N–H and O–H groups in total. The number of thioether (sulfide) groups is 1. The first kappa shape index (κ1) is 24.1. The number of rotatable bonds is 9. The highest BCUT2D eigenvalue weighted by Gasteiger charge is 2.18. The number of hydrogen-bond acceptors (Lipinski definition) is 8. The van der Waals surface area contributed by atoms with Gasteiger partial charge in [0.25, 0.3) is 0 Å². The minimum Gasteiger partial charge on any atom is -0.325 e. The Kier molecular flexibility index (Phi) is 7.13. The maximum Gasteiger partial charge on any atom is 0.234 e. The maximum atomic E-state index is 12.6. The Bertz CT molecular complexity index is 1530. The van der Waals surface area contributed by atoms with E-state index in [1.54, 1.807) is 24.3 Å². The van der Waals surface area contributed by atoms with Crippen LogP contribution in [0.2, 0.25) is 0 Å². The molecule has 0 aliphatic carbocycles. The molecule has 0 aliphatic heterocycles. The molecule has 0 unspecified atom stereocenters. The van der Waals surface area contributed by atoms with E-state index >= 15 is 0 Å². The number of carbonyl (C=O) groups is 2. The largest absolute Gasteiger partial charge is 0.325 e. The number of ketones is 1. The van der Waals surface area contributed by atoms with Gasteiger partial charge >= 0.3 is 0 Å². The van der Waals surface area contributed by atoms with E-state index in [9.17, 15) is 9.59 Å². The number of carbonyl (C=O) groups excluding carboxylic acids is 2. The van der Waals surface area contributed by atoms with Crippen molar-refractivity contribution in [2.24, 2.45) is 0 Å². The van der Waals surface area contributed by atoms with Crippen LogP contribution in [0.1, 0.15) is 23.1 Å². The Labute approximate surface area is 216 Å². The maximum absolute atomic E-state index is 12.6. The molecule has 0 aliphatic rings. The van der Waals surface area contributed by atoms with E-state index in [4.69, 9.17) is 0 Å². The lowest BCUT2D eigenvalue weighted by Crippen LogP contribution is -2.15. The predicted octanol–water partition coefficient (Wildman–Crippen LogP) is 3.90. The Morgan fingerprint density at radius 3 is 2.41 bits per heavy atom. The van der Waals surface area contributed by atoms with Crippen LogP contribution in [0.4, 0.5) is 5.69 Å². The third-order valence-electron chi connectivity index (χ3n) is 5.37. The smallest absolute Gasteiger partial charge is 0.234 e. The summed E-state index contributed by atoms with van der Waals surface area (Å²) in [5.41, 5.74) is 2.82. The minimum absolute atomic E-state index is 0.0632. The molecule has 184 valence electrons. The number of benzene rings is 3. The van der Waals surface area contributed by atoms with E-state index in [-0.39, 0.29) is 24.0 Å². The number of para-hydroxylation sites is 1. The highest BCUT2D eigenvalue weighted by atomic mass is 32.2. The van der Waals surface area contributed by atoms with Crippen LogP contribution in [0.25, 0.3) is 17.1 Å². The van der Waals surface area contributed by atoms with Gasteiger partial charge in [-0.2, -0.15) is 4.80 Å². The Morgan fingerprint density at radius 2 is 1.65 bits per heavy atom. The molecule has 0 saturated heterocycles. The summed E-state index contributed by atoms with van der Waals surface area (Å²) in [6.45, 7) is 1.73. The van der Waals surface area contributed by atoms with Crippen LogP contribution in [-0.2, 0) is 11.3 Å². The molecule has 0 saturated carbocycles. The van der Waals surface area contributed by atoms with Crippen LogP contribution < -0.4 is 5.32 Å². The summed E-state index contributed by atoms with van der Waals surface area (Å²) in [5.74, 6) is 0.938. The van der Waals surface area contributed by atoms with Crippen LogP contribution >= 0.6 is 11.8 Å². The highest BCUT2D eigenvalue weighted by Crippen LogP contribution is 2.23. The number of aromatic nitrogens is 7. The van der Waals surface area contributed by atoms with Crippen molar-refractivity contribution in [3.63, 3.8) is 0 Å². The molecule has 37 heavy (non-hydrogen) atoms. The van der Waals surface area contributed by atoms with E-state index in [0.717, 1.165) is 11.3 Å². The third-order valence-corrected chi connectivity index (χ3v) is 6.30. The van der Waals surface area contributed by atoms with Crippen LogP contribution in [0, 0.1) is 0 Å². The first-order valence-corrected chi connectivity index (χ1v) is 12.4. The fourth-order valence-electron chi connectivity index (χ4n) is 3.62. The topological polar surface area (TPSA) is 120 Å². The molecule has 5 aromatic rings. The standard InChI is InChI=1S/C26H22N8O2S/c1-18(35)20-11-8-12-21(15-20)27-24(36)17-37-26-30-28-23(34(26)22-13-6-3-7-14-22)16-33-31-25(29-32-33)19-9-4-2-5-10-19/h2-15H,16-17H2,1H3,(H,27,36). The molecule has 3 aromatic carbocycles. The molecule has 2 aromatic heterocycles. The van der Waals surface area contributed by atoms with Gasteiger partial charge in [0.1, 0.15) is 6.54 Å². The summed E-state index contributed by atoms with van der Waals surface area (Å²) in [5, 5.41) is 24.9. The molecule has 1 amide bonds. The fourth-order valence-corrected chi connectivity index (χ4v) is 4.39. The zero-order chi connectivity index (χ0) is 25.6. The quantitative estimate of drug-likeness (QED) is 0.234. The van der Waals surface area contributed by atoms with Gasteiger partial charge in [0, 0.05) is 22.5 Å². The lowest BCUT2D eigenvalue weighted by molar-refractivity contribution is -0.113. The van der Waals surface area contributed by atoms with E-state index in [1.807, 2.05) is 65.2 Å². The SMILES string of the molecule is CC(=O)c1cccc(NC(=O)CSc2nnc(Cn3nnc(-c4ccccc4)n3)n2-c2ccccc2)c1. The minimum atomic E-state index is -0.222. The average molecular weight is 511 g/mol. The molecule has 11 heteroatoms. The van der Waals surface area contributed by atoms with Gasteiger partial charge in [0.15, 0.2) is 16.8 Å². The summed E-state index contributed by atoms with van der Waals surface area (Å²) in [6, 6.07) is 26.1. The monoisotopic (exact) mass is 510 g/mol. The molecule has 2 heterocycles. The number of amides is 1. The third kappa shape index (κ3) is 5.78. The van der Waals surface area contributed by atoms with Crippen molar-refractivity contribution in [3.8, 4) is 17.1 Å². The van der Waals surface area contributed by atoms with Crippen molar-refractivity contribution < 1.29 is 9.59 Å². The van der Waals surface area contributed by atoms with Crippen LogP contribution in [0.3, 0.4) is 0 Å². The molecule has 10 nitrogen and oxygen atoms in total. The summed E-state index contributed by atoms with van der Waals surface area (Å²) < 4.78 is 1.87. The second kappa shape index (κ2) is 11.0. The van der Waals surface area contributed by atoms with Crippen LogP contribution in [0.5, 0.6) is 0 Å². The first-order chi connectivity index (χ1) is 18.1. The number of anilines is 1. The van der Waals surface area contributed by atoms with Gasteiger partial charge in [0.05, 0.1) is 5.75 Å². The van der Waals surface area contributed by atoms with Crippen molar-refractivity contribution in [1.29, 1.82) is 0 Å². The van der Waals surface area contributed by atoms with E-state index < -0.39 is 0 Å². The molecule has 0 radical (unpaired) electrons. The van der Waals surface area contributed by atoms with Gasteiger partial charge in [-0.1, -0.05) is 72.4 Å². The summed E-state index contributed by atoms with van der Waals surface area (Å²) >= 11 is 1.26. The molecule has 0 spiro atoms. The van der Waals surface area contributed by atoms with Crippen molar-refractivity contribution in [2.45, 2.75) is 18.6 Å². The number of Topliss-reactive ketones (excluding diaryl/α,β-unsaturated/α-hetero) is 1. The van der Waals surface area contributed by atoms with Gasteiger partial charge in [-0.25, -0.2) is 0 Å². The van der Waals surface area contributed by atoms with E-state index in [2.05, 4.69) is 30.9 Å². The molecule has 0 bridgehead atoms. The predicted molar refractivity (Wildman–Crippen MR) is 140 cm³/mol.